The van der Waals surface area contributed by atoms with Crippen LogP contribution in [-0.4, -0.2) is 50.0 Å². The van der Waals surface area contributed by atoms with Crippen molar-refractivity contribution in [2.45, 2.75) is 25.0 Å². The number of nitrogens with zero attached hydrogens (tertiary/aromatic N) is 1. The predicted octanol–water partition coefficient (Wildman–Crippen LogP) is 0.496. The minimum Gasteiger partial charge on any atom is -0.380 e. The van der Waals surface area contributed by atoms with E-state index in [1.807, 2.05) is 0 Å². The monoisotopic (exact) mass is 183 g/mol. The van der Waals surface area contributed by atoms with E-state index < -0.39 is 0 Å². The highest BCUT2D eigenvalue weighted by atomic mass is 16.5. The molecule has 2 bridgehead atoms. The number of hydrogen-bond acceptors (Lipinski definition) is 3. The Morgan fingerprint density at radius 1 is 1.15 bits per heavy atom. The standard InChI is InChI=1S/C10H17NO2/c1-2-12-7-9(1)11-4-8-3-10(5-11)13-6-8/h8-10H,1-7H2. The number of rotatable bonds is 1. The van der Waals surface area contributed by atoms with E-state index in [9.17, 15) is 0 Å². The maximum Gasteiger partial charge on any atom is 0.0706 e. The molecular formula is C10H17NO2. The third kappa shape index (κ3) is 1.49. The van der Waals surface area contributed by atoms with Gasteiger partial charge in [0.2, 0.25) is 0 Å². The average molecular weight is 183 g/mol. The summed E-state index contributed by atoms with van der Waals surface area (Å²) in [5.74, 6) is 0.805. The molecule has 3 heterocycles. The molecule has 3 aliphatic heterocycles. The molecule has 0 N–H and O–H groups in total. The van der Waals surface area contributed by atoms with Crippen LogP contribution >= 0.6 is 0 Å². The zero-order valence-corrected chi connectivity index (χ0v) is 7.95. The molecule has 0 spiro atoms. The summed E-state index contributed by atoms with van der Waals surface area (Å²) >= 11 is 0. The van der Waals surface area contributed by atoms with Crippen LogP contribution in [-0.2, 0) is 9.47 Å². The second-order valence-corrected chi connectivity index (χ2v) is 4.53. The Hall–Kier alpha value is -0.120. The Bertz CT molecular complexity index is 179. The predicted molar refractivity (Wildman–Crippen MR) is 48.6 cm³/mol. The summed E-state index contributed by atoms with van der Waals surface area (Å²) in [7, 11) is 0. The topological polar surface area (TPSA) is 21.7 Å². The van der Waals surface area contributed by atoms with Gasteiger partial charge in [-0.2, -0.15) is 0 Å². The fourth-order valence-corrected chi connectivity index (χ4v) is 2.81. The summed E-state index contributed by atoms with van der Waals surface area (Å²) in [5, 5.41) is 0. The van der Waals surface area contributed by atoms with Crippen molar-refractivity contribution in [3.05, 3.63) is 0 Å². The van der Waals surface area contributed by atoms with Crippen LogP contribution in [0.3, 0.4) is 0 Å². The van der Waals surface area contributed by atoms with Crippen molar-refractivity contribution in [3.63, 3.8) is 0 Å². The molecule has 3 atom stereocenters. The molecular weight excluding hydrogens is 166 g/mol. The number of fused-ring (bicyclic) bond motifs is 2. The molecule has 0 amide bonds. The Balaban J connectivity index is 1.65. The molecule has 0 aromatic heterocycles. The molecule has 3 aliphatic rings. The van der Waals surface area contributed by atoms with Gasteiger partial charge in [-0.15, -0.1) is 0 Å². The van der Waals surface area contributed by atoms with Crippen molar-refractivity contribution in [1.82, 2.24) is 4.90 Å². The lowest BCUT2D eigenvalue weighted by molar-refractivity contribution is 0.0611. The normalized spacial score (nSPS) is 45.7. The first-order valence-corrected chi connectivity index (χ1v) is 5.35. The van der Waals surface area contributed by atoms with Gasteiger partial charge in [0.25, 0.3) is 0 Å². The summed E-state index contributed by atoms with van der Waals surface area (Å²) < 4.78 is 11.1. The van der Waals surface area contributed by atoms with E-state index in [4.69, 9.17) is 9.47 Å². The molecule has 0 saturated carbocycles. The van der Waals surface area contributed by atoms with E-state index in [0.717, 1.165) is 32.3 Å². The van der Waals surface area contributed by atoms with Crippen LogP contribution in [0.4, 0.5) is 0 Å². The number of likely N-dealkylation sites (tertiary alicyclic amines) is 1. The van der Waals surface area contributed by atoms with Gasteiger partial charge in [0.05, 0.1) is 19.3 Å². The van der Waals surface area contributed by atoms with E-state index in [1.54, 1.807) is 0 Å². The lowest BCUT2D eigenvalue weighted by Gasteiger charge is -2.34. The molecule has 0 aliphatic carbocycles. The second-order valence-electron chi connectivity index (χ2n) is 4.53. The van der Waals surface area contributed by atoms with Gasteiger partial charge >= 0.3 is 0 Å². The van der Waals surface area contributed by atoms with Crippen molar-refractivity contribution in [2.24, 2.45) is 5.92 Å². The molecule has 3 fully saturated rings. The molecule has 3 unspecified atom stereocenters. The van der Waals surface area contributed by atoms with Crippen molar-refractivity contribution < 1.29 is 9.47 Å². The fourth-order valence-electron chi connectivity index (χ4n) is 2.81. The summed E-state index contributed by atoms with van der Waals surface area (Å²) in [6.07, 6.45) is 3.04. The molecule has 3 heteroatoms. The first-order chi connectivity index (χ1) is 6.42. The zero-order valence-electron chi connectivity index (χ0n) is 7.95. The van der Waals surface area contributed by atoms with E-state index in [0.29, 0.717) is 12.1 Å². The summed E-state index contributed by atoms with van der Waals surface area (Å²) in [4.78, 5) is 2.58. The van der Waals surface area contributed by atoms with Gasteiger partial charge in [0.15, 0.2) is 0 Å². The Kier molecular flexibility index (Phi) is 2.04. The number of ether oxygens (including phenoxy) is 2. The summed E-state index contributed by atoms with van der Waals surface area (Å²) in [6, 6.07) is 0.687. The van der Waals surface area contributed by atoms with Gasteiger partial charge in [0, 0.05) is 25.7 Å². The Labute approximate surface area is 79.0 Å². The molecule has 3 nitrogen and oxygen atoms in total. The van der Waals surface area contributed by atoms with Gasteiger partial charge in [0.1, 0.15) is 0 Å². The van der Waals surface area contributed by atoms with Crippen LogP contribution in [0, 0.1) is 5.92 Å². The molecule has 0 radical (unpaired) electrons. The first kappa shape index (κ1) is 8.21. The van der Waals surface area contributed by atoms with Gasteiger partial charge in [-0.05, 0) is 18.8 Å². The maximum atomic E-state index is 5.68. The van der Waals surface area contributed by atoms with E-state index in [2.05, 4.69) is 4.90 Å². The van der Waals surface area contributed by atoms with Crippen LogP contribution in [0.2, 0.25) is 0 Å². The van der Waals surface area contributed by atoms with Gasteiger partial charge in [-0.1, -0.05) is 0 Å². The number of hydrogen-bond donors (Lipinski definition) is 0. The first-order valence-electron chi connectivity index (χ1n) is 5.35. The molecule has 3 rings (SSSR count). The largest absolute Gasteiger partial charge is 0.380 e. The van der Waals surface area contributed by atoms with E-state index >= 15 is 0 Å². The quantitative estimate of drug-likeness (QED) is 0.591. The minimum absolute atomic E-state index is 0.527. The van der Waals surface area contributed by atoms with Crippen molar-refractivity contribution in [1.29, 1.82) is 0 Å². The van der Waals surface area contributed by atoms with Crippen LogP contribution in [0.1, 0.15) is 12.8 Å². The highest BCUT2D eigenvalue weighted by Gasteiger charge is 2.37. The van der Waals surface area contributed by atoms with Crippen molar-refractivity contribution in [3.8, 4) is 0 Å². The number of piperidine rings is 1. The van der Waals surface area contributed by atoms with E-state index in [-0.39, 0.29) is 0 Å². The average Bonchev–Trinajstić information content (AvgIpc) is 2.75. The Morgan fingerprint density at radius 3 is 2.92 bits per heavy atom. The zero-order chi connectivity index (χ0) is 8.67. The van der Waals surface area contributed by atoms with Gasteiger partial charge < -0.3 is 9.47 Å². The third-order valence-corrected chi connectivity index (χ3v) is 3.52. The molecule has 13 heavy (non-hydrogen) atoms. The SMILES string of the molecule is C1CC(N2CC3COC(C3)C2)CO1. The van der Waals surface area contributed by atoms with Crippen molar-refractivity contribution in [2.75, 3.05) is 32.9 Å². The van der Waals surface area contributed by atoms with E-state index in [1.165, 1.54) is 19.4 Å². The Morgan fingerprint density at radius 2 is 2.15 bits per heavy atom. The second kappa shape index (κ2) is 3.23. The smallest absolute Gasteiger partial charge is 0.0706 e. The lowest BCUT2D eigenvalue weighted by Crippen LogP contribution is -2.45. The van der Waals surface area contributed by atoms with Gasteiger partial charge in [-0.25, -0.2) is 0 Å². The molecule has 0 aromatic carbocycles. The summed E-state index contributed by atoms with van der Waals surface area (Å²) in [6.45, 7) is 5.28. The summed E-state index contributed by atoms with van der Waals surface area (Å²) in [5.41, 5.74) is 0. The van der Waals surface area contributed by atoms with Crippen LogP contribution < -0.4 is 0 Å². The molecule has 0 aromatic rings. The lowest BCUT2D eigenvalue weighted by atomic mass is 9.98. The van der Waals surface area contributed by atoms with Crippen LogP contribution in [0.5, 0.6) is 0 Å². The van der Waals surface area contributed by atoms with Crippen molar-refractivity contribution >= 4 is 0 Å². The highest BCUT2D eigenvalue weighted by molar-refractivity contribution is 4.89. The van der Waals surface area contributed by atoms with Crippen LogP contribution in [0.25, 0.3) is 0 Å². The van der Waals surface area contributed by atoms with Crippen LogP contribution in [0.15, 0.2) is 0 Å². The molecule has 3 saturated heterocycles. The minimum atomic E-state index is 0.527. The third-order valence-electron chi connectivity index (χ3n) is 3.52. The molecule has 74 valence electrons. The fraction of sp³-hybridized carbons (Fsp3) is 1.00. The highest BCUT2D eigenvalue weighted by Crippen LogP contribution is 2.29. The van der Waals surface area contributed by atoms with Gasteiger partial charge in [-0.3, -0.25) is 4.90 Å². The maximum absolute atomic E-state index is 5.68.